The molecule has 2 unspecified atom stereocenters. The van der Waals surface area contributed by atoms with E-state index in [-0.39, 0.29) is 0 Å². The summed E-state index contributed by atoms with van der Waals surface area (Å²) >= 11 is 0. The van der Waals surface area contributed by atoms with Gasteiger partial charge in [0, 0.05) is 45.4 Å². The smallest absolute Gasteiger partial charge is 0.211 e. The Kier molecular flexibility index (Phi) is 3.38. The van der Waals surface area contributed by atoms with Crippen LogP contribution in [0, 0.1) is 11.8 Å². The minimum Gasteiger partial charge on any atom is -0.381 e. The van der Waals surface area contributed by atoms with Gasteiger partial charge in [-0.1, -0.05) is 0 Å². The maximum atomic E-state index is 11.5. The van der Waals surface area contributed by atoms with Crippen LogP contribution in [0.4, 0.5) is 0 Å². The quantitative estimate of drug-likeness (QED) is 0.710. The topological polar surface area (TPSA) is 49.9 Å². The Labute approximate surface area is 109 Å². The molecule has 0 radical (unpaired) electrons. The number of ether oxygens (including phenoxy) is 1. The van der Waals surface area contributed by atoms with E-state index in [0.717, 1.165) is 52.2 Å². The van der Waals surface area contributed by atoms with Crippen LogP contribution in [0.1, 0.15) is 12.8 Å². The molecule has 5 nitrogen and oxygen atoms in total. The molecular formula is C12H22N2O3S. The van der Waals surface area contributed by atoms with Gasteiger partial charge in [0.1, 0.15) is 0 Å². The molecule has 3 aliphatic heterocycles. The van der Waals surface area contributed by atoms with Gasteiger partial charge in [0.05, 0.1) is 6.26 Å². The van der Waals surface area contributed by atoms with Gasteiger partial charge in [-0.05, 0) is 24.7 Å². The molecule has 0 amide bonds. The molecule has 0 aromatic rings. The van der Waals surface area contributed by atoms with Crippen molar-refractivity contribution in [2.75, 3.05) is 45.6 Å². The van der Waals surface area contributed by atoms with Crippen molar-refractivity contribution in [3.8, 4) is 0 Å². The van der Waals surface area contributed by atoms with Crippen molar-refractivity contribution in [1.82, 2.24) is 9.21 Å². The van der Waals surface area contributed by atoms with Gasteiger partial charge in [-0.2, -0.15) is 0 Å². The van der Waals surface area contributed by atoms with E-state index in [1.54, 1.807) is 4.31 Å². The molecule has 2 atom stereocenters. The second kappa shape index (κ2) is 4.74. The van der Waals surface area contributed by atoms with Gasteiger partial charge in [0.25, 0.3) is 0 Å². The molecule has 0 bridgehead atoms. The molecule has 3 fully saturated rings. The summed E-state index contributed by atoms with van der Waals surface area (Å²) in [5, 5.41) is 0. The molecule has 0 saturated carbocycles. The van der Waals surface area contributed by atoms with Crippen LogP contribution in [0.25, 0.3) is 0 Å². The minimum absolute atomic E-state index is 0.544. The zero-order chi connectivity index (χ0) is 12.8. The number of likely N-dealkylation sites (tertiary alicyclic amines) is 1. The van der Waals surface area contributed by atoms with Gasteiger partial charge in [0.2, 0.25) is 10.0 Å². The van der Waals surface area contributed by atoms with E-state index in [9.17, 15) is 8.42 Å². The number of sulfonamides is 1. The summed E-state index contributed by atoms with van der Waals surface area (Å²) < 4.78 is 30.1. The van der Waals surface area contributed by atoms with Crippen molar-refractivity contribution in [3.05, 3.63) is 0 Å². The predicted octanol–water partition coefficient (Wildman–Crippen LogP) is -0.0114. The molecule has 3 heterocycles. The van der Waals surface area contributed by atoms with Crippen molar-refractivity contribution in [1.29, 1.82) is 0 Å². The molecule has 0 N–H and O–H groups in total. The van der Waals surface area contributed by atoms with Crippen LogP contribution in [-0.4, -0.2) is 69.3 Å². The van der Waals surface area contributed by atoms with Crippen LogP contribution in [0.15, 0.2) is 0 Å². The van der Waals surface area contributed by atoms with Crippen molar-refractivity contribution in [2.24, 2.45) is 11.8 Å². The summed E-state index contributed by atoms with van der Waals surface area (Å²) in [6.45, 7) is 5.35. The van der Waals surface area contributed by atoms with Gasteiger partial charge in [0.15, 0.2) is 0 Å². The summed E-state index contributed by atoms with van der Waals surface area (Å²) in [6.07, 6.45) is 3.59. The number of hydrogen-bond acceptors (Lipinski definition) is 4. The summed E-state index contributed by atoms with van der Waals surface area (Å²) in [5.74, 6) is 1.09. The van der Waals surface area contributed by atoms with E-state index in [1.165, 1.54) is 6.26 Å². The molecule has 0 aromatic heterocycles. The zero-order valence-corrected chi connectivity index (χ0v) is 11.7. The minimum atomic E-state index is -2.99. The molecule has 104 valence electrons. The predicted molar refractivity (Wildman–Crippen MR) is 68.8 cm³/mol. The van der Waals surface area contributed by atoms with Gasteiger partial charge in [-0.3, -0.25) is 4.90 Å². The first-order valence-corrected chi connectivity index (χ1v) is 8.66. The Morgan fingerprint density at radius 1 is 1.00 bits per heavy atom. The zero-order valence-electron chi connectivity index (χ0n) is 10.9. The maximum absolute atomic E-state index is 11.5. The highest BCUT2D eigenvalue weighted by atomic mass is 32.2. The lowest BCUT2D eigenvalue weighted by Crippen LogP contribution is -2.40. The van der Waals surface area contributed by atoms with E-state index in [2.05, 4.69) is 4.90 Å². The van der Waals surface area contributed by atoms with E-state index in [1.807, 2.05) is 0 Å². The van der Waals surface area contributed by atoms with Crippen molar-refractivity contribution in [2.45, 2.75) is 18.9 Å². The summed E-state index contributed by atoms with van der Waals surface area (Å²) in [6, 6.07) is 0.663. The lowest BCUT2D eigenvalue weighted by Gasteiger charge is -2.32. The Morgan fingerprint density at radius 2 is 1.56 bits per heavy atom. The first kappa shape index (κ1) is 12.8. The van der Waals surface area contributed by atoms with Gasteiger partial charge < -0.3 is 4.74 Å². The van der Waals surface area contributed by atoms with Gasteiger partial charge in [-0.15, -0.1) is 0 Å². The second-order valence-corrected chi connectivity index (χ2v) is 7.88. The average Bonchev–Trinajstić information content (AvgIpc) is 2.86. The van der Waals surface area contributed by atoms with Crippen LogP contribution in [-0.2, 0) is 14.8 Å². The third kappa shape index (κ3) is 2.43. The first-order chi connectivity index (χ1) is 8.54. The number of hydrogen-bond donors (Lipinski definition) is 0. The Morgan fingerprint density at radius 3 is 2.06 bits per heavy atom. The summed E-state index contributed by atoms with van der Waals surface area (Å²) in [7, 11) is -2.99. The standard InChI is InChI=1S/C12H22N2O3S/c1-18(15,16)14-8-10-6-13(7-11(10)9-14)12-2-4-17-5-3-12/h10-12H,2-9H2,1H3. The first-order valence-electron chi connectivity index (χ1n) is 6.81. The molecule has 3 saturated heterocycles. The van der Waals surface area contributed by atoms with E-state index < -0.39 is 10.0 Å². The Hall–Kier alpha value is -0.170. The maximum Gasteiger partial charge on any atom is 0.211 e. The second-order valence-electron chi connectivity index (χ2n) is 5.90. The molecule has 0 aromatic carbocycles. The molecule has 6 heteroatoms. The van der Waals surface area contributed by atoms with Crippen LogP contribution < -0.4 is 0 Å². The molecule has 0 spiro atoms. The fourth-order valence-electron chi connectivity index (χ4n) is 3.61. The van der Waals surface area contributed by atoms with Crippen LogP contribution in [0.2, 0.25) is 0 Å². The van der Waals surface area contributed by atoms with Crippen molar-refractivity contribution < 1.29 is 13.2 Å². The number of nitrogens with zero attached hydrogens (tertiary/aromatic N) is 2. The summed E-state index contributed by atoms with van der Waals surface area (Å²) in [4.78, 5) is 2.57. The average molecular weight is 274 g/mol. The highest BCUT2D eigenvalue weighted by Gasteiger charge is 2.44. The van der Waals surface area contributed by atoms with Crippen LogP contribution in [0.3, 0.4) is 0 Å². The van der Waals surface area contributed by atoms with Crippen molar-refractivity contribution >= 4 is 10.0 Å². The van der Waals surface area contributed by atoms with Crippen LogP contribution in [0.5, 0.6) is 0 Å². The van der Waals surface area contributed by atoms with E-state index >= 15 is 0 Å². The van der Waals surface area contributed by atoms with Crippen molar-refractivity contribution in [3.63, 3.8) is 0 Å². The van der Waals surface area contributed by atoms with Crippen LogP contribution >= 0.6 is 0 Å². The van der Waals surface area contributed by atoms with E-state index in [4.69, 9.17) is 4.74 Å². The van der Waals surface area contributed by atoms with Gasteiger partial charge in [-0.25, -0.2) is 12.7 Å². The molecule has 0 aliphatic carbocycles. The highest BCUT2D eigenvalue weighted by Crippen LogP contribution is 2.34. The monoisotopic (exact) mass is 274 g/mol. The third-order valence-corrected chi connectivity index (χ3v) is 5.89. The Bertz CT molecular complexity index is 392. The Balaban J connectivity index is 1.59. The molecule has 3 rings (SSSR count). The van der Waals surface area contributed by atoms with Gasteiger partial charge >= 0.3 is 0 Å². The normalized spacial score (nSPS) is 36.1. The summed E-state index contributed by atoms with van der Waals surface area (Å²) in [5.41, 5.74) is 0. The number of fused-ring (bicyclic) bond motifs is 1. The lowest BCUT2D eigenvalue weighted by molar-refractivity contribution is 0.0393. The molecule has 18 heavy (non-hydrogen) atoms. The largest absolute Gasteiger partial charge is 0.381 e. The van der Waals surface area contributed by atoms with E-state index in [0.29, 0.717) is 17.9 Å². The SMILES string of the molecule is CS(=O)(=O)N1CC2CN(C3CCOCC3)CC2C1. The molecule has 3 aliphatic rings. The molecular weight excluding hydrogens is 252 g/mol. The number of rotatable bonds is 2. The lowest BCUT2D eigenvalue weighted by atomic mass is 10.0. The highest BCUT2D eigenvalue weighted by molar-refractivity contribution is 7.88. The third-order valence-electron chi connectivity index (χ3n) is 4.66. The fraction of sp³-hybridized carbons (Fsp3) is 1.00. The fourth-order valence-corrected chi connectivity index (χ4v) is 4.53.